The van der Waals surface area contributed by atoms with Crippen LogP contribution in [-0.2, 0) is 76.0 Å². The van der Waals surface area contributed by atoms with Crippen molar-refractivity contribution in [3.8, 4) is 0 Å². The molecule has 0 spiro atoms. The van der Waals surface area contributed by atoms with Gasteiger partial charge in [0.2, 0.25) is 5.79 Å². The van der Waals surface area contributed by atoms with Gasteiger partial charge >= 0.3 is 12.1 Å². The van der Waals surface area contributed by atoms with E-state index in [0.717, 1.165) is 10.5 Å². The number of carbonyl (C=O) groups is 5. The third kappa shape index (κ3) is 27.5. The monoisotopic (exact) mass is 1310 g/mol. The van der Waals surface area contributed by atoms with Crippen molar-refractivity contribution in [2.24, 2.45) is 40.4 Å². The molecule has 16 atom stereocenters. The minimum atomic E-state index is -2.50. The zero-order valence-corrected chi connectivity index (χ0v) is 56.1. The van der Waals surface area contributed by atoms with Crippen molar-refractivity contribution >= 4 is 29.5 Å². The molecule has 3 fully saturated rings. The van der Waals surface area contributed by atoms with Crippen LogP contribution in [0.4, 0.5) is 4.79 Å². The second kappa shape index (κ2) is 44.1. The van der Waals surface area contributed by atoms with Crippen LogP contribution in [-0.4, -0.2) is 236 Å². The van der Waals surface area contributed by atoms with Crippen LogP contribution < -0.4 is 11.1 Å². The van der Waals surface area contributed by atoms with Gasteiger partial charge in [0.25, 0.3) is 11.7 Å². The SMILES string of the molecule is CCOCCOCCOCCOCCOCCOCCOCCNC(=O)OC1CC[C@@H](C[C@@H](N)[C@@H]2CC(N=[N+]=[N-])[C@H](C)/C=C(\C)[C@@H](O)[C@@H](O)C(=O)[C@H](C)C[C@H](C)/C=C/C=C/C=C(\C)[C@@H](OC)C[C@@H]3CC[C@@H](C)[C@@](O)(O3)C(=O)C(=O)N3CCCC[C@H]3C(=O)O2)C[C@H]1OC. The summed E-state index contributed by atoms with van der Waals surface area (Å²) in [5.41, 5.74) is 18.1. The Morgan fingerprint density at radius 2 is 1.38 bits per heavy atom. The Bertz CT molecular complexity index is 2370. The van der Waals surface area contributed by atoms with Gasteiger partial charge in [-0.2, -0.15) is 0 Å². The summed E-state index contributed by atoms with van der Waals surface area (Å²) in [6.07, 6.45) is 7.61. The fraction of sp³-hybridized carbons (Fsp3) is 0.803. The number of Topliss-reactive ketones (excluding diaryl/α,β-unsaturated/α-hetero) is 2. The number of fused-ring (bicyclic) bond motifs is 3. The molecule has 0 radical (unpaired) electrons. The zero-order valence-electron chi connectivity index (χ0n) is 56.1. The average Bonchev–Trinajstić information content (AvgIpc) is 0.788. The summed E-state index contributed by atoms with van der Waals surface area (Å²) in [5, 5.41) is 41.5. The normalized spacial score (nSPS) is 32.6. The number of ketones is 2. The number of hydrogen-bond acceptors (Lipinski definition) is 22. The number of nitrogens with two attached hydrogens (primary N) is 1. The molecule has 524 valence electrons. The maximum Gasteiger partial charge on any atom is 0.407 e. The second-order valence-corrected chi connectivity index (χ2v) is 24.6. The van der Waals surface area contributed by atoms with Crippen molar-refractivity contribution in [2.75, 3.05) is 120 Å². The third-order valence-electron chi connectivity index (χ3n) is 17.6. The molecule has 0 aromatic carbocycles. The van der Waals surface area contributed by atoms with E-state index < -0.39 is 114 Å². The van der Waals surface area contributed by atoms with E-state index in [1.165, 1.54) is 7.11 Å². The average molecular weight is 1310 g/mol. The molecule has 3 heterocycles. The van der Waals surface area contributed by atoms with Crippen LogP contribution >= 0.6 is 0 Å². The lowest BCUT2D eigenvalue weighted by atomic mass is 9.80. The highest BCUT2D eigenvalue weighted by molar-refractivity contribution is 6.39. The molecule has 1 aliphatic carbocycles. The molecule has 4 aliphatic rings. The predicted molar refractivity (Wildman–Crippen MR) is 341 cm³/mol. The molecule has 0 aromatic heterocycles. The van der Waals surface area contributed by atoms with E-state index in [1.807, 2.05) is 51.2 Å². The summed E-state index contributed by atoms with van der Waals surface area (Å²) < 4.78 is 68.4. The molecule has 3 aliphatic heterocycles. The van der Waals surface area contributed by atoms with Crippen LogP contribution in [0.25, 0.3) is 10.4 Å². The van der Waals surface area contributed by atoms with Crippen LogP contribution in [0.2, 0.25) is 0 Å². The van der Waals surface area contributed by atoms with Crippen LogP contribution in [0.3, 0.4) is 0 Å². The molecule has 2 amide bonds. The number of nitrogens with one attached hydrogen (secondary N) is 1. The molecular formula is C66H110N6O20. The molecular weight excluding hydrogens is 1200 g/mol. The fourth-order valence-corrected chi connectivity index (χ4v) is 12.0. The first-order valence-corrected chi connectivity index (χ1v) is 33.1. The summed E-state index contributed by atoms with van der Waals surface area (Å²) in [6.45, 7) is 18.8. The Morgan fingerprint density at radius 1 is 0.761 bits per heavy atom. The number of aliphatic hydroxyl groups is 3. The van der Waals surface area contributed by atoms with Gasteiger partial charge in [-0.05, 0) is 126 Å². The third-order valence-corrected chi connectivity index (χ3v) is 17.6. The van der Waals surface area contributed by atoms with Gasteiger partial charge < -0.3 is 88.1 Å². The van der Waals surface area contributed by atoms with Gasteiger partial charge in [-0.3, -0.25) is 14.4 Å². The van der Waals surface area contributed by atoms with Gasteiger partial charge in [0.05, 0.1) is 104 Å². The van der Waals surface area contributed by atoms with Gasteiger partial charge in [0, 0.05) is 69.2 Å². The summed E-state index contributed by atoms with van der Waals surface area (Å²) >= 11 is 0. The Kier molecular flexibility index (Phi) is 38.2. The van der Waals surface area contributed by atoms with E-state index in [0.29, 0.717) is 137 Å². The van der Waals surface area contributed by atoms with Crippen molar-refractivity contribution in [2.45, 2.75) is 192 Å². The Labute approximate surface area is 544 Å². The number of piperidine rings is 1. The number of carbonyl (C=O) groups excluding carboxylic acids is 5. The number of amides is 2. The summed E-state index contributed by atoms with van der Waals surface area (Å²) in [4.78, 5) is 74.5. The first-order chi connectivity index (χ1) is 44.2. The lowest BCUT2D eigenvalue weighted by Crippen LogP contribution is -2.61. The number of nitrogens with zero attached hydrogens (tertiary/aromatic N) is 4. The van der Waals surface area contributed by atoms with Gasteiger partial charge in [-0.25, -0.2) is 9.59 Å². The number of methoxy groups -OCH3 is 2. The molecule has 6 N–H and O–H groups in total. The lowest BCUT2D eigenvalue weighted by molar-refractivity contribution is -0.265. The minimum Gasteiger partial charge on any atom is -0.459 e. The first-order valence-electron chi connectivity index (χ1n) is 33.1. The van der Waals surface area contributed by atoms with Crippen molar-refractivity contribution in [1.29, 1.82) is 0 Å². The summed E-state index contributed by atoms with van der Waals surface area (Å²) in [5.74, 6) is -8.47. The maximum absolute atomic E-state index is 14.7. The van der Waals surface area contributed by atoms with Gasteiger partial charge in [-0.15, -0.1) is 0 Å². The standard InChI is InChI=1S/C66H110N6O20/c1-10-83-26-27-85-30-31-87-34-35-89-37-36-88-33-32-86-29-28-84-25-23-69-65(79)91-55-22-20-50(41-58(55)82-9)40-52(67)57-43-53(70-71-68)46(4)39-48(6)60(74)61(75)59(73)47(5)38-44(2)16-12-11-13-17-45(3)56(81-8)42-51-21-19-49(7)66(80,92-51)62(76)63(77)72-24-15-14-18-54(72)64(78)90-57/h11-13,16-17,39,44,46-47,49-58,60-61,74-75,80H,10,14-15,18-38,40-43,67H2,1-9H3,(H,69,79)/b13-11+,16-12+,45-17+,48-39+/t44-,46-,47-,49-,50+,51+,52-,53?,54+,55?,56+,57+,58-,60-,61+,66-/m1/s1. The van der Waals surface area contributed by atoms with Gasteiger partial charge in [0.15, 0.2) is 5.78 Å². The number of rotatable bonds is 29. The molecule has 0 aromatic rings. The molecule has 4 rings (SSSR count). The van der Waals surface area contributed by atoms with E-state index in [4.69, 9.17) is 62.6 Å². The maximum atomic E-state index is 14.7. The number of hydrogen-bond donors (Lipinski definition) is 5. The predicted octanol–water partition coefficient (Wildman–Crippen LogP) is 6.20. The smallest absolute Gasteiger partial charge is 0.407 e. The molecule has 92 heavy (non-hydrogen) atoms. The number of aliphatic hydroxyl groups excluding tert-OH is 2. The molecule has 2 unspecified atom stereocenters. The van der Waals surface area contributed by atoms with E-state index in [-0.39, 0.29) is 62.8 Å². The van der Waals surface area contributed by atoms with Gasteiger partial charge in [0.1, 0.15) is 30.5 Å². The van der Waals surface area contributed by atoms with E-state index in [1.54, 1.807) is 40.9 Å². The lowest BCUT2D eigenvalue weighted by Gasteiger charge is -2.43. The number of allylic oxidation sites excluding steroid dienone is 5. The highest BCUT2D eigenvalue weighted by Crippen LogP contribution is 2.38. The van der Waals surface area contributed by atoms with Crippen LogP contribution in [0.5, 0.6) is 0 Å². The first kappa shape index (κ1) is 79.7. The Balaban J connectivity index is 1.41. The Hall–Kier alpha value is -4.74. The van der Waals surface area contributed by atoms with Crippen molar-refractivity contribution in [3.63, 3.8) is 0 Å². The molecule has 26 nitrogen and oxygen atoms in total. The van der Waals surface area contributed by atoms with Crippen LogP contribution in [0, 0.1) is 29.6 Å². The number of esters is 1. The molecule has 2 saturated heterocycles. The van der Waals surface area contributed by atoms with Gasteiger partial charge in [-0.1, -0.05) is 69.3 Å². The second-order valence-electron chi connectivity index (χ2n) is 24.6. The molecule has 26 heteroatoms. The largest absolute Gasteiger partial charge is 0.459 e. The highest BCUT2D eigenvalue weighted by atomic mass is 16.6. The number of ether oxygens (including phenoxy) is 12. The minimum absolute atomic E-state index is 0.0108. The van der Waals surface area contributed by atoms with Crippen LogP contribution in [0.1, 0.15) is 126 Å². The quantitative estimate of drug-likeness (QED) is 0.0106. The van der Waals surface area contributed by atoms with E-state index in [2.05, 4.69) is 15.3 Å². The van der Waals surface area contributed by atoms with Crippen molar-refractivity contribution in [3.05, 3.63) is 58.0 Å². The van der Waals surface area contributed by atoms with E-state index >= 15 is 0 Å². The van der Waals surface area contributed by atoms with E-state index in [9.17, 15) is 44.8 Å². The van der Waals surface area contributed by atoms with Crippen molar-refractivity contribution in [1.82, 2.24) is 10.2 Å². The molecule has 1 saturated carbocycles. The molecule has 2 bridgehead atoms. The summed E-state index contributed by atoms with van der Waals surface area (Å²) in [6, 6.07) is -3.14. The number of azide groups is 1. The fourth-order valence-electron chi connectivity index (χ4n) is 12.0. The number of alkyl carbamates (subject to hydrolysis) is 1. The van der Waals surface area contributed by atoms with Crippen molar-refractivity contribution < 1.29 is 96.1 Å². The summed E-state index contributed by atoms with van der Waals surface area (Å²) in [7, 11) is 3.07. The highest BCUT2D eigenvalue weighted by Gasteiger charge is 2.53. The topological polar surface area (TPSA) is 347 Å². The van der Waals surface area contributed by atoms with Crippen LogP contribution in [0.15, 0.2) is 52.7 Å². The Morgan fingerprint density at radius 3 is 1.98 bits per heavy atom. The number of cyclic esters (lactones) is 1. The zero-order chi connectivity index (χ0) is 67.4.